The molecule has 4 rings (SSSR count). The van der Waals surface area contributed by atoms with Crippen molar-refractivity contribution < 1.29 is 28.3 Å². The van der Waals surface area contributed by atoms with Crippen LogP contribution in [0, 0.1) is 5.82 Å². The number of Topliss-reactive ketones (excluding diaryl/α,β-unsaturated/α-hetero) is 1. The number of carbonyl (C=O) groups is 2. The van der Waals surface area contributed by atoms with Crippen molar-refractivity contribution in [3.63, 3.8) is 0 Å². The largest absolute Gasteiger partial charge is 0.511 e. The number of aromatic nitrogens is 1. The molecule has 1 fully saturated rings. The van der Waals surface area contributed by atoms with Gasteiger partial charge < -0.3 is 24.2 Å². The highest BCUT2D eigenvalue weighted by molar-refractivity contribution is 5.96. The van der Waals surface area contributed by atoms with E-state index in [0.717, 1.165) is 56.8 Å². The molecule has 1 aliphatic rings. The number of carboxylic acid groups (broad SMARTS) is 1. The summed E-state index contributed by atoms with van der Waals surface area (Å²) < 4.78 is 23.1. The summed E-state index contributed by atoms with van der Waals surface area (Å²) in [5, 5.41) is 13.7. The molecule has 1 saturated heterocycles. The summed E-state index contributed by atoms with van der Waals surface area (Å²) in [4.78, 5) is 27.5. The molecule has 168 valence electrons. The lowest BCUT2D eigenvalue weighted by atomic mass is 10.1. The molecule has 1 aliphatic heterocycles. The van der Waals surface area contributed by atoms with Gasteiger partial charge in [-0.1, -0.05) is 5.16 Å². The maximum Gasteiger partial charge on any atom is 0.511 e. The molecule has 1 aromatic heterocycles. The van der Waals surface area contributed by atoms with Crippen LogP contribution in [0.2, 0.25) is 0 Å². The van der Waals surface area contributed by atoms with E-state index in [-0.39, 0.29) is 17.3 Å². The summed E-state index contributed by atoms with van der Waals surface area (Å²) in [5.74, 6) is 0.603. The third-order valence-corrected chi connectivity index (χ3v) is 5.56. The normalized spacial score (nSPS) is 15.0. The number of rotatable bonds is 7. The molecule has 0 atom stereocenters. The molecule has 9 heteroatoms. The Bertz CT molecular complexity index is 1100. The standard InChI is InChI=1S/C23H24FN3O5/c24-17-6-4-16(5-7-17)20(28)3-1-10-26-11-2-12-27(14-13-26)22-19-9-8-18(31-23(29)30)15-21(19)32-25-22/h4-9,15H,1-3,10-14H2,(H,29,30). The number of carbonyl (C=O) groups excluding carboxylic acids is 1. The van der Waals surface area contributed by atoms with Crippen molar-refractivity contribution in [3.8, 4) is 5.75 Å². The second-order valence-electron chi connectivity index (χ2n) is 7.75. The minimum Gasteiger partial charge on any atom is -0.449 e. The molecular formula is C23H24FN3O5. The third-order valence-electron chi connectivity index (χ3n) is 5.56. The van der Waals surface area contributed by atoms with Crippen LogP contribution < -0.4 is 9.64 Å². The molecule has 1 N–H and O–H groups in total. The number of ketones is 1. The van der Waals surface area contributed by atoms with Crippen molar-refractivity contribution in [3.05, 3.63) is 53.8 Å². The zero-order chi connectivity index (χ0) is 22.5. The zero-order valence-electron chi connectivity index (χ0n) is 17.5. The Morgan fingerprint density at radius 3 is 2.69 bits per heavy atom. The van der Waals surface area contributed by atoms with E-state index in [1.54, 1.807) is 12.1 Å². The Labute approximate surface area is 184 Å². The summed E-state index contributed by atoms with van der Waals surface area (Å²) in [7, 11) is 0. The van der Waals surface area contributed by atoms with Crippen LogP contribution >= 0.6 is 0 Å². The van der Waals surface area contributed by atoms with E-state index in [1.165, 1.54) is 30.3 Å². The van der Waals surface area contributed by atoms with Gasteiger partial charge in [-0.05, 0) is 62.3 Å². The van der Waals surface area contributed by atoms with Crippen LogP contribution in [-0.2, 0) is 0 Å². The van der Waals surface area contributed by atoms with E-state index < -0.39 is 6.16 Å². The molecular weight excluding hydrogens is 417 g/mol. The maximum absolute atomic E-state index is 13.0. The first-order chi connectivity index (χ1) is 15.5. The van der Waals surface area contributed by atoms with E-state index in [9.17, 15) is 14.0 Å². The zero-order valence-corrected chi connectivity index (χ0v) is 17.5. The lowest BCUT2D eigenvalue weighted by molar-refractivity contribution is 0.0975. The van der Waals surface area contributed by atoms with Gasteiger partial charge in [0, 0.05) is 37.7 Å². The van der Waals surface area contributed by atoms with Crippen LogP contribution in [0.15, 0.2) is 47.0 Å². The molecule has 0 spiro atoms. The van der Waals surface area contributed by atoms with Gasteiger partial charge in [0.05, 0.1) is 5.39 Å². The first-order valence-corrected chi connectivity index (χ1v) is 10.6. The molecule has 2 aromatic carbocycles. The predicted molar refractivity (Wildman–Crippen MR) is 116 cm³/mol. The van der Waals surface area contributed by atoms with Crippen molar-refractivity contribution in [1.82, 2.24) is 10.1 Å². The molecule has 0 saturated carbocycles. The molecule has 32 heavy (non-hydrogen) atoms. The van der Waals surface area contributed by atoms with Gasteiger partial charge in [-0.2, -0.15) is 0 Å². The molecule has 0 aliphatic carbocycles. The topological polar surface area (TPSA) is 96.1 Å². The molecule has 0 radical (unpaired) electrons. The third kappa shape index (κ3) is 5.23. The monoisotopic (exact) mass is 441 g/mol. The van der Waals surface area contributed by atoms with E-state index in [1.807, 2.05) is 0 Å². The van der Waals surface area contributed by atoms with Crippen LogP contribution in [0.25, 0.3) is 11.0 Å². The van der Waals surface area contributed by atoms with Crippen molar-refractivity contribution in [2.45, 2.75) is 19.3 Å². The Morgan fingerprint density at radius 1 is 1.09 bits per heavy atom. The minimum atomic E-state index is -1.38. The lowest BCUT2D eigenvalue weighted by Crippen LogP contribution is -2.31. The lowest BCUT2D eigenvalue weighted by Gasteiger charge is -2.21. The summed E-state index contributed by atoms with van der Waals surface area (Å²) >= 11 is 0. The highest BCUT2D eigenvalue weighted by atomic mass is 19.1. The number of nitrogens with zero attached hydrogens (tertiary/aromatic N) is 3. The first-order valence-electron chi connectivity index (χ1n) is 10.6. The predicted octanol–water partition coefficient (Wildman–Crippen LogP) is 4.20. The molecule has 0 unspecified atom stereocenters. The SMILES string of the molecule is O=C(O)Oc1ccc2c(N3CCCN(CCCC(=O)c4ccc(F)cc4)CC3)noc2c1. The van der Waals surface area contributed by atoms with Crippen molar-refractivity contribution in [2.75, 3.05) is 37.6 Å². The molecule has 2 heterocycles. The highest BCUT2D eigenvalue weighted by Crippen LogP contribution is 2.30. The van der Waals surface area contributed by atoms with Crippen LogP contribution in [0.4, 0.5) is 15.0 Å². The van der Waals surface area contributed by atoms with Gasteiger partial charge in [0.25, 0.3) is 0 Å². The Hall–Kier alpha value is -3.46. The minimum absolute atomic E-state index is 0.0294. The second-order valence-corrected chi connectivity index (χ2v) is 7.75. The molecule has 0 bridgehead atoms. The Kier molecular flexibility index (Phi) is 6.65. The highest BCUT2D eigenvalue weighted by Gasteiger charge is 2.20. The fraction of sp³-hybridized carbons (Fsp3) is 0.348. The number of anilines is 1. The van der Waals surface area contributed by atoms with Crippen molar-refractivity contribution in [1.29, 1.82) is 0 Å². The van der Waals surface area contributed by atoms with E-state index in [4.69, 9.17) is 9.63 Å². The summed E-state index contributed by atoms with van der Waals surface area (Å²) in [5.41, 5.74) is 1.02. The van der Waals surface area contributed by atoms with Crippen LogP contribution in [0.3, 0.4) is 0 Å². The fourth-order valence-corrected chi connectivity index (χ4v) is 3.95. The summed E-state index contributed by atoms with van der Waals surface area (Å²) in [6.45, 7) is 4.16. The molecule has 0 amide bonds. The second kappa shape index (κ2) is 9.78. The van der Waals surface area contributed by atoms with Gasteiger partial charge in [-0.3, -0.25) is 4.79 Å². The number of benzene rings is 2. The maximum atomic E-state index is 13.0. The number of hydrogen-bond donors (Lipinski definition) is 1. The van der Waals surface area contributed by atoms with Gasteiger partial charge in [0.15, 0.2) is 17.2 Å². The smallest absolute Gasteiger partial charge is 0.449 e. The average molecular weight is 441 g/mol. The van der Waals surface area contributed by atoms with E-state index in [0.29, 0.717) is 17.6 Å². The summed E-state index contributed by atoms with van der Waals surface area (Å²) in [6.07, 6.45) is 0.743. The Morgan fingerprint density at radius 2 is 1.91 bits per heavy atom. The van der Waals surface area contributed by atoms with Gasteiger partial charge in [0.1, 0.15) is 11.6 Å². The van der Waals surface area contributed by atoms with Crippen molar-refractivity contribution >= 4 is 28.7 Å². The molecule has 3 aromatic rings. The number of fused-ring (bicyclic) bond motifs is 1. The average Bonchev–Trinajstić information content (AvgIpc) is 3.04. The van der Waals surface area contributed by atoms with Crippen LogP contribution in [0.5, 0.6) is 5.75 Å². The summed E-state index contributed by atoms with van der Waals surface area (Å²) in [6, 6.07) is 10.5. The Balaban J connectivity index is 1.30. The number of halogens is 1. The van der Waals surface area contributed by atoms with Gasteiger partial charge >= 0.3 is 6.16 Å². The number of hydrogen-bond acceptors (Lipinski definition) is 7. The van der Waals surface area contributed by atoms with Gasteiger partial charge in [-0.25, -0.2) is 9.18 Å². The van der Waals surface area contributed by atoms with E-state index in [2.05, 4.69) is 19.7 Å². The van der Waals surface area contributed by atoms with Crippen molar-refractivity contribution in [2.24, 2.45) is 0 Å². The molecule has 8 nitrogen and oxygen atoms in total. The quantitative estimate of drug-likeness (QED) is 0.331. The van der Waals surface area contributed by atoms with Crippen LogP contribution in [-0.4, -0.2) is 59.8 Å². The van der Waals surface area contributed by atoms with Gasteiger partial charge in [-0.15, -0.1) is 0 Å². The van der Waals surface area contributed by atoms with Gasteiger partial charge in [0.2, 0.25) is 0 Å². The van der Waals surface area contributed by atoms with E-state index >= 15 is 0 Å². The first kappa shape index (κ1) is 21.8. The number of ether oxygens (including phenoxy) is 1. The fourth-order valence-electron chi connectivity index (χ4n) is 3.95. The van der Waals surface area contributed by atoms with Crippen LogP contribution in [0.1, 0.15) is 29.6 Å².